The molecule has 0 aliphatic rings. The summed E-state index contributed by atoms with van der Waals surface area (Å²) in [5.74, 6) is -0.203. The summed E-state index contributed by atoms with van der Waals surface area (Å²) in [7, 11) is 2.98. The first-order valence-electron chi connectivity index (χ1n) is 2.89. The number of hydrogen-bond acceptors (Lipinski definition) is 4. The lowest BCUT2D eigenvalue weighted by atomic mass is 10.5. The van der Waals surface area contributed by atoms with E-state index < -0.39 is 0 Å². The van der Waals surface area contributed by atoms with Crippen molar-refractivity contribution in [2.24, 2.45) is 0 Å². The molecule has 0 aromatic carbocycles. The number of rotatable bonds is 2. The Morgan fingerprint density at radius 1 is 1.91 bits per heavy atom. The summed E-state index contributed by atoms with van der Waals surface area (Å²) in [5.41, 5.74) is 2.58. The molecule has 1 aromatic heterocycles. The Balaban J connectivity index is 2.70. The lowest BCUT2D eigenvalue weighted by molar-refractivity contribution is -0.0754. The lowest BCUT2D eigenvalue weighted by Crippen LogP contribution is -2.24. The highest BCUT2D eigenvalue weighted by atomic mass is 32.1. The van der Waals surface area contributed by atoms with Crippen molar-refractivity contribution in [2.75, 3.05) is 14.2 Å². The minimum absolute atomic E-state index is 0.203. The van der Waals surface area contributed by atoms with Crippen LogP contribution in [0.5, 0.6) is 0 Å². The molecule has 59 valence electrons. The predicted octanol–water partition coefficient (Wildman–Crippen LogP) is 0.577. The molecule has 5 heteroatoms. The Morgan fingerprint density at radius 3 is 3.09 bits per heavy atom. The van der Waals surface area contributed by atoms with Crippen molar-refractivity contribution in [3.8, 4) is 0 Å². The second kappa shape index (κ2) is 3.45. The zero-order valence-corrected chi connectivity index (χ0v) is 7.01. The van der Waals surface area contributed by atoms with E-state index in [-0.39, 0.29) is 5.91 Å². The molecule has 1 amide bonds. The number of amides is 1. The van der Waals surface area contributed by atoms with Gasteiger partial charge in [-0.05, 0) is 0 Å². The molecule has 0 unspecified atom stereocenters. The van der Waals surface area contributed by atoms with Gasteiger partial charge in [-0.25, -0.2) is 10.0 Å². The van der Waals surface area contributed by atoms with Crippen LogP contribution in [0.4, 0.5) is 0 Å². The second-order valence-electron chi connectivity index (χ2n) is 1.80. The van der Waals surface area contributed by atoms with E-state index in [0.717, 1.165) is 5.06 Å². The van der Waals surface area contributed by atoms with Gasteiger partial charge in [0.15, 0.2) is 5.51 Å². The molecule has 0 aliphatic heterocycles. The smallest absolute Gasteiger partial charge is 0.274 e. The standard InChI is InChI=1S/C6H7N2O2S/c1-8(10-2)6(9)5-3-7-4-11-5/h3H,1-2H3. The molecule has 0 saturated carbocycles. The van der Waals surface area contributed by atoms with Gasteiger partial charge < -0.3 is 0 Å². The molecule has 0 fully saturated rings. The molecule has 1 heterocycles. The number of carbonyl (C=O) groups excluding carboxylic acids is 1. The van der Waals surface area contributed by atoms with Crippen molar-refractivity contribution in [1.82, 2.24) is 10.0 Å². The third-order valence-electron chi connectivity index (χ3n) is 1.16. The Morgan fingerprint density at radius 2 is 2.64 bits per heavy atom. The van der Waals surface area contributed by atoms with Crippen LogP contribution in [-0.4, -0.2) is 30.1 Å². The van der Waals surface area contributed by atoms with Crippen LogP contribution in [-0.2, 0) is 4.84 Å². The van der Waals surface area contributed by atoms with Crippen LogP contribution in [0.2, 0.25) is 0 Å². The van der Waals surface area contributed by atoms with Gasteiger partial charge in [0.1, 0.15) is 4.88 Å². The molecule has 4 nitrogen and oxygen atoms in total. The highest BCUT2D eigenvalue weighted by molar-refractivity contribution is 7.11. The summed E-state index contributed by atoms with van der Waals surface area (Å²) in [6, 6.07) is 0. The van der Waals surface area contributed by atoms with Crippen LogP contribution in [0, 0.1) is 5.51 Å². The van der Waals surface area contributed by atoms with Crippen LogP contribution in [0.15, 0.2) is 6.20 Å². The normalized spacial score (nSPS) is 9.64. The SMILES string of the molecule is CON(C)C(=O)c1cn[c]s1. The van der Waals surface area contributed by atoms with Crippen molar-refractivity contribution in [1.29, 1.82) is 0 Å². The fourth-order valence-corrected chi connectivity index (χ4v) is 1.05. The van der Waals surface area contributed by atoms with Crippen LogP contribution in [0.3, 0.4) is 0 Å². The maximum Gasteiger partial charge on any atom is 0.288 e. The minimum atomic E-state index is -0.203. The number of hydroxylamine groups is 2. The van der Waals surface area contributed by atoms with Crippen molar-refractivity contribution < 1.29 is 9.63 Å². The zero-order chi connectivity index (χ0) is 8.27. The largest absolute Gasteiger partial charge is 0.288 e. The summed E-state index contributed by atoms with van der Waals surface area (Å²) in [4.78, 5) is 20.0. The lowest BCUT2D eigenvalue weighted by Gasteiger charge is -2.10. The van der Waals surface area contributed by atoms with Gasteiger partial charge in [-0.3, -0.25) is 9.63 Å². The van der Waals surface area contributed by atoms with Crippen molar-refractivity contribution >= 4 is 17.2 Å². The molecule has 11 heavy (non-hydrogen) atoms. The topological polar surface area (TPSA) is 42.4 Å². The number of aromatic nitrogens is 1. The number of thiazole rings is 1. The first-order valence-corrected chi connectivity index (χ1v) is 3.71. The minimum Gasteiger partial charge on any atom is -0.274 e. The van der Waals surface area contributed by atoms with Crippen LogP contribution in [0.25, 0.3) is 0 Å². The van der Waals surface area contributed by atoms with Crippen molar-refractivity contribution in [3.63, 3.8) is 0 Å². The number of carbonyl (C=O) groups is 1. The second-order valence-corrected chi connectivity index (χ2v) is 2.63. The molecule has 1 aromatic rings. The van der Waals surface area contributed by atoms with Crippen molar-refractivity contribution in [3.05, 3.63) is 16.6 Å². The van der Waals surface area contributed by atoms with Crippen LogP contribution >= 0.6 is 11.3 Å². The number of hydrogen-bond donors (Lipinski definition) is 0. The molecular weight excluding hydrogens is 164 g/mol. The highest BCUT2D eigenvalue weighted by Gasteiger charge is 2.11. The quantitative estimate of drug-likeness (QED) is 0.611. The molecule has 1 rings (SSSR count). The average molecular weight is 171 g/mol. The fourth-order valence-electron chi connectivity index (χ4n) is 0.524. The third kappa shape index (κ3) is 1.75. The van der Waals surface area contributed by atoms with Gasteiger partial charge in [-0.1, -0.05) is 0 Å². The van der Waals surface area contributed by atoms with Crippen LogP contribution in [0.1, 0.15) is 9.67 Å². The van der Waals surface area contributed by atoms with Gasteiger partial charge in [0.05, 0.1) is 13.3 Å². The molecule has 0 aliphatic carbocycles. The van der Waals surface area contributed by atoms with Crippen LogP contribution < -0.4 is 0 Å². The van der Waals surface area contributed by atoms with Gasteiger partial charge >= 0.3 is 0 Å². The molecule has 0 spiro atoms. The Hall–Kier alpha value is -0.940. The Kier molecular flexibility index (Phi) is 2.56. The maximum absolute atomic E-state index is 11.2. The van der Waals surface area contributed by atoms with E-state index in [9.17, 15) is 4.79 Å². The zero-order valence-electron chi connectivity index (χ0n) is 6.20. The van der Waals surface area contributed by atoms with Gasteiger partial charge in [0.25, 0.3) is 5.91 Å². The van der Waals surface area contributed by atoms with E-state index in [0.29, 0.717) is 4.88 Å². The molecular formula is C6H7N2O2S. The molecule has 0 saturated heterocycles. The van der Waals surface area contributed by atoms with Gasteiger partial charge in [0.2, 0.25) is 0 Å². The van der Waals surface area contributed by atoms with Gasteiger partial charge in [0, 0.05) is 7.05 Å². The number of nitrogens with zero attached hydrogens (tertiary/aromatic N) is 2. The summed E-state index contributed by atoms with van der Waals surface area (Å²) < 4.78 is 0. The van der Waals surface area contributed by atoms with E-state index in [1.54, 1.807) is 7.05 Å². The first-order chi connectivity index (χ1) is 5.25. The van der Waals surface area contributed by atoms with Gasteiger partial charge in [-0.15, -0.1) is 11.3 Å². The Labute approximate surface area is 68.4 Å². The fraction of sp³-hybridized carbons (Fsp3) is 0.333. The average Bonchev–Trinajstić information content (AvgIpc) is 2.53. The molecule has 0 N–H and O–H groups in total. The predicted molar refractivity (Wildman–Crippen MR) is 40.1 cm³/mol. The first kappa shape index (κ1) is 8.16. The summed E-state index contributed by atoms with van der Waals surface area (Å²) in [5, 5.41) is 1.14. The summed E-state index contributed by atoms with van der Waals surface area (Å²) >= 11 is 1.17. The van der Waals surface area contributed by atoms with E-state index in [2.05, 4.69) is 15.3 Å². The van der Waals surface area contributed by atoms with Gasteiger partial charge in [-0.2, -0.15) is 0 Å². The van der Waals surface area contributed by atoms with Crippen molar-refractivity contribution in [2.45, 2.75) is 0 Å². The van der Waals surface area contributed by atoms with E-state index in [4.69, 9.17) is 0 Å². The molecule has 0 atom stereocenters. The summed E-state index contributed by atoms with van der Waals surface area (Å²) in [6.07, 6.45) is 1.46. The van der Waals surface area contributed by atoms with E-state index in [1.165, 1.54) is 24.6 Å². The maximum atomic E-state index is 11.2. The monoisotopic (exact) mass is 171 g/mol. The summed E-state index contributed by atoms with van der Waals surface area (Å²) in [6.45, 7) is 0. The van der Waals surface area contributed by atoms with E-state index in [1.807, 2.05) is 0 Å². The molecule has 1 radical (unpaired) electrons. The Bertz CT molecular complexity index is 235. The highest BCUT2D eigenvalue weighted by Crippen LogP contribution is 2.07. The van der Waals surface area contributed by atoms with E-state index >= 15 is 0 Å². The molecule has 0 bridgehead atoms. The third-order valence-corrected chi connectivity index (χ3v) is 1.86.